The standard InChI is InChI=1S/C14H21ClN2/c1-3-6-17(10-12-4-5-12)14-7-11(2)16-9-13(14)8-15/h7,9,12H,3-6,8,10H2,1-2H3. The number of hydrogen-bond acceptors (Lipinski definition) is 2. The number of pyridine rings is 1. The number of aryl methyl sites for hydroxylation is 1. The van der Waals surface area contributed by atoms with Crippen molar-refractivity contribution in [2.45, 2.75) is 39.0 Å². The van der Waals surface area contributed by atoms with E-state index in [1.165, 1.54) is 31.5 Å². The molecule has 0 aliphatic heterocycles. The van der Waals surface area contributed by atoms with Crippen molar-refractivity contribution in [1.82, 2.24) is 4.98 Å². The Morgan fingerprint density at radius 3 is 2.82 bits per heavy atom. The third kappa shape index (κ3) is 3.35. The molecule has 1 fully saturated rings. The first-order chi connectivity index (χ1) is 8.24. The second kappa shape index (κ2) is 5.72. The third-order valence-electron chi connectivity index (χ3n) is 3.25. The highest BCUT2D eigenvalue weighted by molar-refractivity contribution is 6.17. The summed E-state index contributed by atoms with van der Waals surface area (Å²) in [4.78, 5) is 6.83. The minimum absolute atomic E-state index is 0.549. The molecule has 0 unspecified atom stereocenters. The highest BCUT2D eigenvalue weighted by atomic mass is 35.5. The van der Waals surface area contributed by atoms with E-state index in [0.29, 0.717) is 5.88 Å². The minimum Gasteiger partial charge on any atom is -0.371 e. The molecule has 0 atom stereocenters. The van der Waals surface area contributed by atoms with Gasteiger partial charge in [0.15, 0.2) is 0 Å². The number of alkyl halides is 1. The molecule has 1 heterocycles. The van der Waals surface area contributed by atoms with E-state index >= 15 is 0 Å². The lowest BCUT2D eigenvalue weighted by Crippen LogP contribution is -2.27. The molecule has 2 rings (SSSR count). The summed E-state index contributed by atoms with van der Waals surface area (Å²) in [5, 5.41) is 0. The first-order valence-electron chi connectivity index (χ1n) is 6.51. The van der Waals surface area contributed by atoms with Crippen LogP contribution in [0.1, 0.15) is 37.4 Å². The van der Waals surface area contributed by atoms with Gasteiger partial charge in [0.05, 0.1) is 5.88 Å². The van der Waals surface area contributed by atoms with E-state index in [0.717, 1.165) is 23.7 Å². The molecule has 94 valence electrons. The average Bonchev–Trinajstić information content (AvgIpc) is 3.12. The normalized spacial score (nSPS) is 15.0. The Kier molecular flexibility index (Phi) is 4.27. The van der Waals surface area contributed by atoms with Crippen molar-refractivity contribution >= 4 is 17.3 Å². The van der Waals surface area contributed by atoms with Crippen molar-refractivity contribution < 1.29 is 0 Å². The Morgan fingerprint density at radius 1 is 1.47 bits per heavy atom. The number of aromatic nitrogens is 1. The fourth-order valence-electron chi connectivity index (χ4n) is 2.16. The van der Waals surface area contributed by atoms with E-state index in [1.54, 1.807) is 0 Å². The highest BCUT2D eigenvalue weighted by Gasteiger charge is 2.25. The van der Waals surface area contributed by atoms with Gasteiger partial charge >= 0.3 is 0 Å². The summed E-state index contributed by atoms with van der Waals surface area (Å²) < 4.78 is 0. The van der Waals surface area contributed by atoms with Crippen molar-refractivity contribution in [3.63, 3.8) is 0 Å². The lowest BCUT2D eigenvalue weighted by Gasteiger charge is -2.26. The van der Waals surface area contributed by atoms with Gasteiger partial charge in [0.25, 0.3) is 0 Å². The molecule has 17 heavy (non-hydrogen) atoms. The van der Waals surface area contributed by atoms with Gasteiger partial charge in [-0.05, 0) is 38.2 Å². The van der Waals surface area contributed by atoms with Crippen molar-refractivity contribution in [1.29, 1.82) is 0 Å². The SMILES string of the molecule is CCCN(CC1CC1)c1cc(C)ncc1CCl. The minimum atomic E-state index is 0.549. The maximum absolute atomic E-state index is 6.01. The van der Waals surface area contributed by atoms with Gasteiger partial charge in [-0.25, -0.2) is 0 Å². The summed E-state index contributed by atoms with van der Waals surface area (Å²) in [7, 11) is 0. The summed E-state index contributed by atoms with van der Waals surface area (Å²) in [6.45, 7) is 6.57. The second-order valence-corrected chi connectivity index (χ2v) is 5.24. The molecular formula is C14H21ClN2. The molecule has 1 aromatic heterocycles. The first kappa shape index (κ1) is 12.7. The van der Waals surface area contributed by atoms with E-state index in [1.807, 2.05) is 13.1 Å². The topological polar surface area (TPSA) is 16.1 Å². The fourth-order valence-corrected chi connectivity index (χ4v) is 2.37. The number of hydrogen-bond donors (Lipinski definition) is 0. The molecule has 0 aromatic carbocycles. The quantitative estimate of drug-likeness (QED) is 0.717. The van der Waals surface area contributed by atoms with Crippen LogP contribution in [0, 0.1) is 12.8 Å². The zero-order valence-electron chi connectivity index (χ0n) is 10.7. The van der Waals surface area contributed by atoms with Crippen LogP contribution in [0.15, 0.2) is 12.3 Å². The van der Waals surface area contributed by atoms with E-state index in [2.05, 4.69) is 22.9 Å². The van der Waals surface area contributed by atoms with Gasteiger partial charge < -0.3 is 4.90 Å². The molecule has 0 spiro atoms. The molecule has 2 nitrogen and oxygen atoms in total. The Morgan fingerprint density at radius 2 is 2.24 bits per heavy atom. The van der Waals surface area contributed by atoms with Gasteiger partial charge in [0.1, 0.15) is 0 Å². The Balaban J connectivity index is 2.22. The molecule has 1 aromatic rings. The average molecular weight is 253 g/mol. The second-order valence-electron chi connectivity index (χ2n) is 4.98. The third-order valence-corrected chi connectivity index (χ3v) is 3.54. The van der Waals surface area contributed by atoms with Gasteiger partial charge in [-0.1, -0.05) is 6.92 Å². The van der Waals surface area contributed by atoms with Crippen LogP contribution in [-0.4, -0.2) is 18.1 Å². The van der Waals surface area contributed by atoms with Gasteiger partial charge in [0, 0.05) is 36.2 Å². The van der Waals surface area contributed by atoms with Crippen molar-refractivity contribution in [2.75, 3.05) is 18.0 Å². The van der Waals surface area contributed by atoms with Crippen LogP contribution in [0.5, 0.6) is 0 Å². The van der Waals surface area contributed by atoms with Crippen LogP contribution in [0.3, 0.4) is 0 Å². The number of rotatable bonds is 6. The van der Waals surface area contributed by atoms with Crippen molar-refractivity contribution in [3.05, 3.63) is 23.5 Å². The fraction of sp³-hybridized carbons (Fsp3) is 0.643. The van der Waals surface area contributed by atoms with Crippen LogP contribution >= 0.6 is 11.6 Å². The molecular weight excluding hydrogens is 232 g/mol. The molecule has 0 N–H and O–H groups in total. The molecule has 0 bridgehead atoms. The lowest BCUT2D eigenvalue weighted by molar-refractivity contribution is 0.705. The zero-order chi connectivity index (χ0) is 12.3. The van der Waals surface area contributed by atoms with Gasteiger partial charge in [0.2, 0.25) is 0 Å². The number of halogens is 1. The largest absolute Gasteiger partial charge is 0.371 e. The van der Waals surface area contributed by atoms with Gasteiger partial charge in [-0.15, -0.1) is 11.6 Å². The smallest absolute Gasteiger partial charge is 0.0509 e. The number of nitrogens with zero attached hydrogens (tertiary/aromatic N) is 2. The monoisotopic (exact) mass is 252 g/mol. The van der Waals surface area contributed by atoms with Gasteiger partial charge in [-0.3, -0.25) is 4.98 Å². The van der Waals surface area contributed by atoms with E-state index < -0.39 is 0 Å². The molecule has 0 saturated heterocycles. The molecule has 0 radical (unpaired) electrons. The molecule has 1 saturated carbocycles. The number of anilines is 1. The van der Waals surface area contributed by atoms with E-state index in [4.69, 9.17) is 11.6 Å². The van der Waals surface area contributed by atoms with Crippen LogP contribution in [-0.2, 0) is 5.88 Å². The van der Waals surface area contributed by atoms with Gasteiger partial charge in [-0.2, -0.15) is 0 Å². The molecule has 3 heteroatoms. The van der Waals surface area contributed by atoms with Crippen LogP contribution in [0.4, 0.5) is 5.69 Å². The van der Waals surface area contributed by atoms with Crippen molar-refractivity contribution in [2.24, 2.45) is 5.92 Å². The summed E-state index contributed by atoms with van der Waals surface area (Å²) in [6.07, 6.45) is 5.88. The predicted octanol–water partition coefficient (Wildman–Crippen LogP) is 3.76. The molecule has 0 amide bonds. The predicted molar refractivity (Wildman–Crippen MR) is 73.8 cm³/mol. The summed E-state index contributed by atoms with van der Waals surface area (Å²) in [5.74, 6) is 1.45. The maximum Gasteiger partial charge on any atom is 0.0509 e. The Hall–Kier alpha value is -0.760. The first-order valence-corrected chi connectivity index (χ1v) is 7.04. The van der Waals surface area contributed by atoms with Crippen LogP contribution < -0.4 is 4.90 Å². The highest BCUT2D eigenvalue weighted by Crippen LogP contribution is 2.33. The van der Waals surface area contributed by atoms with E-state index in [-0.39, 0.29) is 0 Å². The zero-order valence-corrected chi connectivity index (χ0v) is 11.5. The summed E-state index contributed by atoms with van der Waals surface area (Å²) in [6, 6.07) is 2.18. The van der Waals surface area contributed by atoms with Crippen LogP contribution in [0.2, 0.25) is 0 Å². The maximum atomic E-state index is 6.01. The molecule has 1 aliphatic carbocycles. The Bertz CT molecular complexity index is 374. The lowest BCUT2D eigenvalue weighted by atomic mass is 10.2. The van der Waals surface area contributed by atoms with Crippen molar-refractivity contribution in [3.8, 4) is 0 Å². The summed E-state index contributed by atoms with van der Waals surface area (Å²) in [5.41, 5.74) is 3.53. The van der Waals surface area contributed by atoms with Crippen LogP contribution in [0.25, 0.3) is 0 Å². The summed E-state index contributed by atoms with van der Waals surface area (Å²) >= 11 is 6.01. The van der Waals surface area contributed by atoms with E-state index in [9.17, 15) is 0 Å². The molecule has 1 aliphatic rings. The Labute approximate surface area is 109 Å².